The smallest absolute Gasteiger partial charge is 0.124 e. The summed E-state index contributed by atoms with van der Waals surface area (Å²) >= 11 is 0. The lowest BCUT2D eigenvalue weighted by Gasteiger charge is -2.13. The minimum Gasteiger partial charge on any atom is -0.305 e. The standard InChI is InChI=1S/C11H20OSi/c1-13(2,3)11(12)10-8-6-4-5-7-9(8)10/h8-10H,4-7H2,1-3H3. The molecule has 2 rings (SSSR count). The Balaban J connectivity index is 2.01. The van der Waals surface area contributed by atoms with E-state index < -0.39 is 8.07 Å². The summed E-state index contributed by atoms with van der Waals surface area (Å²) in [5.74, 6) is 2.13. The Morgan fingerprint density at radius 1 is 1.08 bits per heavy atom. The molecule has 2 saturated carbocycles. The molecular weight excluding hydrogens is 176 g/mol. The molecule has 1 nitrogen and oxygen atoms in total. The van der Waals surface area contributed by atoms with Gasteiger partial charge in [0.1, 0.15) is 13.5 Å². The highest BCUT2D eigenvalue weighted by molar-refractivity contribution is 7.03. The van der Waals surface area contributed by atoms with Crippen molar-refractivity contribution in [1.82, 2.24) is 0 Å². The number of fused-ring (bicyclic) bond motifs is 1. The summed E-state index contributed by atoms with van der Waals surface area (Å²) in [6, 6.07) is 0. The van der Waals surface area contributed by atoms with Crippen molar-refractivity contribution < 1.29 is 4.79 Å². The molecule has 2 unspecified atom stereocenters. The average Bonchev–Trinajstić information content (AvgIpc) is 2.75. The third-order valence-electron chi connectivity index (χ3n) is 3.70. The SMILES string of the molecule is C[Si](C)(C)C(=O)C1C2CCCCC21. The van der Waals surface area contributed by atoms with Crippen molar-refractivity contribution in [2.75, 3.05) is 0 Å². The lowest BCUT2D eigenvalue weighted by molar-refractivity contribution is -0.114. The van der Waals surface area contributed by atoms with Crippen molar-refractivity contribution in [3.63, 3.8) is 0 Å². The molecule has 0 aromatic heterocycles. The monoisotopic (exact) mass is 196 g/mol. The van der Waals surface area contributed by atoms with Gasteiger partial charge < -0.3 is 4.79 Å². The van der Waals surface area contributed by atoms with Crippen molar-refractivity contribution in [3.8, 4) is 0 Å². The van der Waals surface area contributed by atoms with Gasteiger partial charge in [0.15, 0.2) is 0 Å². The first kappa shape index (κ1) is 9.44. The third kappa shape index (κ3) is 1.61. The highest BCUT2D eigenvalue weighted by Gasteiger charge is 2.56. The molecule has 74 valence electrons. The highest BCUT2D eigenvalue weighted by Crippen LogP contribution is 2.56. The zero-order valence-corrected chi connectivity index (χ0v) is 9.97. The maximum absolute atomic E-state index is 12.1. The van der Waals surface area contributed by atoms with Gasteiger partial charge in [0.2, 0.25) is 0 Å². The van der Waals surface area contributed by atoms with Crippen LogP contribution in [0.15, 0.2) is 0 Å². The van der Waals surface area contributed by atoms with Gasteiger partial charge in [-0.15, -0.1) is 0 Å². The second kappa shape index (κ2) is 2.94. The minimum atomic E-state index is -1.49. The molecule has 0 aromatic carbocycles. The van der Waals surface area contributed by atoms with Gasteiger partial charge in [-0.05, 0) is 24.7 Å². The predicted octanol–water partition coefficient (Wildman–Crippen LogP) is 2.87. The zero-order valence-electron chi connectivity index (χ0n) is 8.97. The summed E-state index contributed by atoms with van der Waals surface area (Å²) in [7, 11) is -1.49. The molecule has 0 N–H and O–H groups in total. The second-order valence-corrected chi connectivity index (χ2v) is 10.7. The summed E-state index contributed by atoms with van der Waals surface area (Å²) in [5, 5.41) is 0.657. The van der Waals surface area contributed by atoms with E-state index in [1.165, 1.54) is 25.7 Å². The van der Waals surface area contributed by atoms with Crippen LogP contribution in [0.1, 0.15) is 25.7 Å². The molecule has 0 aliphatic heterocycles. The summed E-state index contributed by atoms with van der Waals surface area (Å²) < 4.78 is 0. The molecule has 0 spiro atoms. The van der Waals surface area contributed by atoms with Gasteiger partial charge in [-0.25, -0.2) is 0 Å². The summed E-state index contributed by atoms with van der Waals surface area (Å²) in [4.78, 5) is 12.1. The van der Waals surface area contributed by atoms with Crippen LogP contribution >= 0.6 is 0 Å². The molecule has 2 aliphatic carbocycles. The van der Waals surface area contributed by atoms with E-state index in [1.807, 2.05) is 0 Å². The van der Waals surface area contributed by atoms with E-state index >= 15 is 0 Å². The largest absolute Gasteiger partial charge is 0.305 e. The van der Waals surface area contributed by atoms with Crippen molar-refractivity contribution >= 4 is 13.5 Å². The van der Waals surface area contributed by atoms with Crippen LogP contribution in [-0.4, -0.2) is 13.5 Å². The van der Waals surface area contributed by atoms with Gasteiger partial charge in [0, 0.05) is 5.92 Å². The van der Waals surface area contributed by atoms with Crippen molar-refractivity contribution in [2.24, 2.45) is 17.8 Å². The number of hydrogen-bond acceptors (Lipinski definition) is 1. The van der Waals surface area contributed by atoms with Crippen LogP contribution < -0.4 is 0 Å². The van der Waals surface area contributed by atoms with Crippen LogP contribution in [0.4, 0.5) is 0 Å². The topological polar surface area (TPSA) is 17.1 Å². The summed E-state index contributed by atoms with van der Waals surface area (Å²) in [6.07, 6.45) is 5.42. The fraction of sp³-hybridized carbons (Fsp3) is 0.909. The molecule has 2 heteroatoms. The molecule has 13 heavy (non-hydrogen) atoms. The number of carbonyl (C=O) groups excluding carboxylic acids is 1. The zero-order chi connectivity index (χ0) is 9.64. The molecule has 0 aromatic rings. The van der Waals surface area contributed by atoms with Gasteiger partial charge in [0.25, 0.3) is 0 Å². The van der Waals surface area contributed by atoms with Gasteiger partial charge in [-0.3, -0.25) is 0 Å². The van der Waals surface area contributed by atoms with E-state index in [-0.39, 0.29) is 0 Å². The Kier molecular flexibility index (Phi) is 2.14. The Morgan fingerprint density at radius 2 is 1.54 bits per heavy atom. The lowest BCUT2D eigenvalue weighted by Crippen LogP contribution is -2.35. The van der Waals surface area contributed by atoms with Gasteiger partial charge in [0.05, 0.1) is 0 Å². The molecule has 0 amide bonds. The molecule has 2 fully saturated rings. The number of carbonyl (C=O) groups is 1. The Bertz CT molecular complexity index is 217. The van der Waals surface area contributed by atoms with E-state index in [2.05, 4.69) is 19.6 Å². The second-order valence-electron chi connectivity index (χ2n) is 5.75. The van der Waals surface area contributed by atoms with Crippen molar-refractivity contribution in [3.05, 3.63) is 0 Å². The highest BCUT2D eigenvalue weighted by atomic mass is 28.3. The molecular formula is C11H20OSi. The third-order valence-corrected chi connectivity index (χ3v) is 5.51. The Hall–Kier alpha value is -0.113. The average molecular weight is 196 g/mol. The van der Waals surface area contributed by atoms with Crippen LogP contribution in [0.25, 0.3) is 0 Å². The Morgan fingerprint density at radius 3 is 1.92 bits per heavy atom. The first-order valence-electron chi connectivity index (χ1n) is 5.56. The molecule has 0 heterocycles. The molecule has 0 radical (unpaired) electrons. The fourth-order valence-corrected chi connectivity index (χ4v) is 4.31. The maximum atomic E-state index is 12.1. The van der Waals surface area contributed by atoms with E-state index in [0.29, 0.717) is 11.3 Å². The normalized spacial score (nSPS) is 38.2. The van der Waals surface area contributed by atoms with Crippen LogP contribution in [0.5, 0.6) is 0 Å². The van der Waals surface area contributed by atoms with E-state index in [9.17, 15) is 4.79 Å². The predicted molar refractivity (Wildman–Crippen MR) is 57.3 cm³/mol. The summed E-state index contributed by atoms with van der Waals surface area (Å²) in [5.41, 5.74) is 0. The van der Waals surface area contributed by atoms with Crippen LogP contribution in [-0.2, 0) is 4.79 Å². The van der Waals surface area contributed by atoms with Gasteiger partial charge in [-0.1, -0.05) is 32.5 Å². The Labute approximate surface area is 81.9 Å². The van der Waals surface area contributed by atoms with Crippen LogP contribution in [0, 0.1) is 17.8 Å². The number of rotatable bonds is 2. The van der Waals surface area contributed by atoms with Crippen LogP contribution in [0.3, 0.4) is 0 Å². The lowest BCUT2D eigenvalue weighted by atomic mass is 10.0. The van der Waals surface area contributed by atoms with Crippen molar-refractivity contribution in [1.29, 1.82) is 0 Å². The minimum absolute atomic E-state index is 0.508. The molecule has 2 aliphatic rings. The van der Waals surface area contributed by atoms with Crippen molar-refractivity contribution in [2.45, 2.75) is 45.3 Å². The van der Waals surface area contributed by atoms with E-state index in [4.69, 9.17) is 0 Å². The fourth-order valence-electron chi connectivity index (χ4n) is 2.88. The van der Waals surface area contributed by atoms with Gasteiger partial charge in [-0.2, -0.15) is 0 Å². The molecule has 0 saturated heterocycles. The maximum Gasteiger partial charge on any atom is 0.124 e. The van der Waals surface area contributed by atoms with E-state index in [1.54, 1.807) is 0 Å². The van der Waals surface area contributed by atoms with Gasteiger partial charge >= 0.3 is 0 Å². The summed E-state index contributed by atoms with van der Waals surface area (Å²) in [6.45, 7) is 6.58. The quantitative estimate of drug-likeness (QED) is 0.621. The number of hydrogen-bond donors (Lipinski definition) is 0. The first-order valence-corrected chi connectivity index (χ1v) is 9.06. The first-order chi connectivity index (χ1) is 6.02. The van der Waals surface area contributed by atoms with E-state index in [0.717, 1.165) is 11.8 Å². The van der Waals surface area contributed by atoms with Crippen LogP contribution in [0.2, 0.25) is 19.6 Å². The molecule has 0 bridgehead atoms. The molecule has 2 atom stereocenters.